The predicted molar refractivity (Wildman–Crippen MR) is 68.8 cm³/mol. The van der Waals surface area contributed by atoms with Crippen LogP contribution in [0.3, 0.4) is 0 Å². The van der Waals surface area contributed by atoms with Crippen LogP contribution in [-0.2, 0) is 13.6 Å². The smallest absolute Gasteiger partial charge is 0.306 e. The van der Waals surface area contributed by atoms with Crippen LogP contribution < -0.4 is 0 Å². The van der Waals surface area contributed by atoms with E-state index in [-0.39, 0.29) is 0 Å². The SMILES string of the molecule is CCOP(=O)(C=C(Cl)C(C)=C(C)C)OCC. The molecule has 0 aliphatic rings. The quantitative estimate of drug-likeness (QED) is 0.517. The first kappa shape index (κ1) is 15.9. The minimum atomic E-state index is -3.20. The highest BCUT2D eigenvalue weighted by Gasteiger charge is 2.21. The van der Waals surface area contributed by atoms with Crippen molar-refractivity contribution < 1.29 is 13.6 Å². The minimum absolute atomic E-state index is 0.325. The predicted octanol–water partition coefficient (Wildman–Crippen LogP) is 4.69. The third-order valence-electron chi connectivity index (χ3n) is 2.00. The molecule has 0 aromatic carbocycles. The van der Waals surface area contributed by atoms with Gasteiger partial charge in [0, 0.05) is 5.82 Å². The molecule has 0 aliphatic carbocycles. The van der Waals surface area contributed by atoms with Crippen LogP contribution >= 0.6 is 19.2 Å². The maximum absolute atomic E-state index is 12.1. The highest BCUT2D eigenvalue weighted by Crippen LogP contribution is 2.51. The lowest BCUT2D eigenvalue weighted by atomic mass is 10.2. The Bertz CT molecular complexity index is 320. The van der Waals surface area contributed by atoms with Crippen molar-refractivity contribution in [2.45, 2.75) is 34.6 Å². The Morgan fingerprint density at radius 2 is 1.62 bits per heavy atom. The van der Waals surface area contributed by atoms with Crippen molar-refractivity contribution in [3.8, 4) is 0 Å². The van der Waals surface area contributed by atoms with Crippen molar-refractivity contribution >= 4 is 19.2 Å². The van der Waals surface area contributed by atoms with Crippen molar-refractivity contribution in [2.75, 3.05) is 13.2 Å². The molecule has 5 heteroatoms. The highest BCUT2D eigenvalue weighted by atomic mass is 35.5. The summed E-state index contributed by atoms with van der Waals surface area (Å²) in [6, 6.07) is 0. The lowest BCUT2D eigenvalue weighted by Gasteiger charge is -2.14. The van der Waals surface area contributed by atoms with Gasteiger partial charge < -0.3 is 9.05 Å². The molecule has 0 unspecified atom stereocenters. The van der Waals surface area contributed by atoms with Crippen molar-refractivity contribution in [1.82, 2.24) is 0 Å². The Morgan fingerprint density at radius 1 is 1.19 bits per heavy atom. The molecule has 0 N–H and O–H groups in total. The molecule has 0 rings (SSSR count). The third-order valence-corrected chi connectivity index (χ3v) is 4.35. The van der Waals surface area contributed by atoms with E-state index in [0.29, 0.717) is 18.2 Å². The van der Waals surface area contributed by atoms with Crippen molar-refractivity contribution in [2.24, 2.45) is 0 Å². The summed E-state index contributed by atoms with van der Waals surface area (Å²) >= 11 is 6.05. The molecule has 0 aromatic heterocycles. The molecule has 0 aromatic rings. The van der Waals surface area contributed by atoms with Gasteiger partial charge in [-0.05, 0) is 40.2 Å². The lowest BCUT2D eigenvalue weighted by molar-refractivity contribution is 0.229. The fourth-order valence-electron chi connectivity index (χ4n) is 0.946. The van der Waals surface area contributed by atoms with E-state index < -0.39 is 7.60 Å². The standard InChI is InChI=1S/C11H20ClO3P/c1-6-14-16(13,15-7-2)8-11(12)10(5)9(3)4/h8H,6-7H2,1-5H3. The average molecular weight is 267 g/mol. The van der Waals surface area contributed by atoms with E-state index in [9.17, 15) is 4.57 Å². The molecule has 0 spiro atoms. The van der Waals surface area contributed by atoms with Crippen LogP contribution in [0.1, 0.15) is 34.6 Å². The van der Waals surface area contributed by atoms with E-state index in [4.69, 9.17) is 20.6 Å². The van der Waals surface area contributed by atoms with Crippen LogP contribution in [0.4, 0.5) is 0 Å². The average Bonchev–Trinajstić information content (AvgIpc) is 2.16. The first-order chi connectivity index (χ1) is 7.36. The second-order valence-electron chi connectivity index (χ2n) is 3.48. The molecule has 0 atom stereocenters. The van der Waals surface area contributed by atoms with Gasteiger partial charge in [-0.25, -0.2) is 0 Å². The van der Waals surface area contributed by atoms with E-state index in [0.717, 1.165) is 11.1 Å². The summed E-state index contributed by atoms with van der Waals surface area (Å²) in [5.74, 6) is 1.38. The minimum Gasteiger partial charge on any atom is -0.306 e. The fourth-order valence-corrected chi connectivity index (χ4v) is 2.91. The van der Waals surface area contributed by atoms with Gasteiger partial charge in [-0.15, -0.1) is 0 Å². The topological polar surface area (TPSA) is 35.5 Å². The van der Waals surface area contributed by atoms with E-state index in [1.54, 1.807) is 13.8 Å². The summed E-state index contributed by atoms with van der Waals surface area (Å²) in [4.78, 5) is 0. The van der Waals surface area contributed by atoms with Crippen molar-refractivity contribution in [3.63, 3.8) is 0 Å². The molecule has 3 nitrogen and oxygen atoms in total. The highest BCUT2D eigenvalue weighted by molar-refractivity contribution is 7.57. The van der Waals surface area contributed by atoms with Crippen LogP contribution in [0.25, 0.3) is 0 Å². The van der Waals surface area contributed by atoms with E-state index in [2.05, 4.69) is 0 Å². The number of hydrogen-bond acceptors (Lipinski definition) is 3. The number of hydrogen-bond donors (Lipinski definition) is 0. The van der Waals surface area contributed by atoms with Gasteiger partial charge in [-0.2, -0.15) is 0 Å². The summed E-state index contributed by atoms with van der Waals surface area (Å²) in [6.45, 7) is 9.94. The zero-order valence-electron chi connectivity index (χ0n) is 10.5. The Hall–Kier alpha value is -0.0800. The molecule has 16 heavy (non-hydrogen) atoms. The van der Waals surface area contributed by atoms with Gasteiger partial charge >= 0.3 is 7.60 Å². The number of halogens is 1. The first-order valence-electron chi connectivity index (χ1n) is 5.28. The summed E-state index contributed by atoms with van der Waals surface area (Å²) in [5.41, 5.74) is 1.96. The molecule has 0 amide bonds. The van der Waals surface area contributed by atoms with Crippen LogP contribution in [0.15, 0.2) is 22.0 Å². The molecular weight excluding hydrogens is 247 g/mol. The summed E-state index contributed by atoms with van der Waals surface area (Å²) in [7, 11) is -3.20. The molecule has 94 valence electrons. The monoisotopic (exact) mass is 266 g/mol. The largest absolute Gasteiger partial charge is 0.355 e. The van der Waals surface area contributed by atoms with E-state index in [1.807, 2.05) is 20.8 Å². The zero-order valence-corrected chi connectivity index (χ0v) is 12.2. The molecule has 0 aliphatic heterocycles. The summed E-state index contributed by atoms with van der Waals surface area (Å²) in [5, 5.41) is 0.422. The van der Waals surface area contributed by atoms with Crippen LogP contribution in [0.5, 0.6) is 0 Å². The van der Waals surface area contributed by atoms with Gasteiger partial charge in [-0.1, -0.05) is 17.2 Å². The molecule has 0 heterocycles. The molecule has 0 saturated heterocycles. The molecule has 0 fully saturated rings. The molecule has 0 bridgehead atoms. The normalized spacial score (nSPS) is 12.8. The van der Waals surface area contributed by atoms with Crippen LogP contribution in [-0.4, -0.2) is 13.2 Å². The molecule has 0 saturated carbocycles. The van der Waals surface area contributed by atoms with Crippen molar-refractivity contribution in [3.05, 3.63) is 22.0 Å². The fraction of sp³-hybridized carbons (Fsp3) is 0.636. The van der Waals surface area contributed by atoms with Gasteiger partial charge in [0.25, 0.3) is 0 Å². The maximum Gasteiger partial charge on any atom is 0.355 e. The van der Waals surface area contributed by atoms with E-state index in [1.165, 1.54) is 5.82 Å². The van der Waals surface area contributed by atoms with E-state index >= 15 is 0 Å². The Balaban J connectivity index is 5.07. The van der Waals surface area contributed by atoms with Gasteiger partial charge in [0.1, 0.15) is 0 Å². The number of rotatable bonds is 6. The van der Waals surface area contributed by atoms with Gasteiger partial charge in [0.2, 0.25) is 0 Å². The van der Waals surface area contributed by atoms with Crippen LogP contribution in [0.2, 0.25) is 0 Å². The summed E-state index contributed by atoms with van der Waals surface area (Å²) in [6.07, 6.45) is 0. The lowest BCUT2D eigenvalue weighted by Crippen LogP contribution is -1.94. The van der Waals surface area contributed by atoms with Crippen molar-refractivity contribution in [1.29, 1.82) is 0 Å². The van der Waals surface area contributed by atoms with Gasteiger partial charge in [-0.3, -0.25) is 4.57 Å². The number of allylic oxidation sites excluding steroid dienone is 3. The van der Waals surface area contributed by atoms with Gasteiger partial charge in [0.15, 0.2) is 0 Å². The Kier molecular flexibility index (Phi) is 7.25. The Labute approximate surface area is 103 Å². The zero-order chi connectivity index (χ0) is 12.8. The summed E-state index contributed by atoms with van der Waals surface area (Å²) < 4.78 is 22.4. The molecule has 0 radical (unpaired) electrons. The van der Waals surface area contributed by atoms with Crippen LogP contribution in [0, 0.1) is 0 Å². The Morgan fingerprint density at radius 3 is 1.94 bits per heavy atom. The maximum atomic E-state index is 12.1. The second-order valence-corrected chi connectivity index (χ2v) is 5.74. The third kappa shape index (κ3) is 5.31. The van der Waals surface area contributed by atoms with Gasteiger partial charge in [0.05, 0.1) is 18.2 Å². The molecular formula is C11H20ClO3P. The second kappa shape index (κ2) is 7.29. The first-order valence-corrected chi connectivity index (χ1v) is 7.26.